The minimum Gasteiger partial charge on any atom is -0.475 e. The van der Waals surface area contributed by atoms with Crippen LogP contribution >= 0.6 is 0 Å². The Morgan fingerprint density at radius 2 is 2.25 bits per heavy atom. The lowest BCUT2D eigenvalue weighted by Gasteiger charge is -2.03. The van der Waals surface area contributed by atoms with Crippen LogP contribution in [-0.4, -0.2) is 30.2 Å². The number of carboxylic acid groups (broad SMARTS) is 1. The Kier molecular flexibility index (Phi) is 3.46. The number of hydrogen-bond acceptors (Lipinski definition) is 4. The highest BCUT2D eigenvalue weighted by molar-refractivity contribution is 5.84. The van der Waals surface area contributed by atoms with Gasteiger partial charge in [-0.3, -0.25) is 0 Å². The molecule has 0 bridgehead atoms. The van der Waals surface area contributed by atoms with E-state index in [1.54, 1.807) is 6.07 Å². The van der Waals surface area contributed by atoms with Crippen LogP contribution in [0, 0.1) is 0 Å². The van der Waals surface area contributed by atoms with Crippen molar-refractivity contribution in [3.63, 3.8) is 0 Å². The second-order valence-corrected chi connectivity index (χ2v) is 3.98. The van der Waals surface area contributed by atoms with Crippen LogP contribution in [0.15, 0.2) is 16.5 Å². The summed E-state index contributed by atoms with van der Waals surface area (Å²) in [6, 6.07) is 3.83. The van der Waals surface area contributed by atoms with Crippen molar-refractivity contribution in [3.05, 3.63) is 17.9 Å². The van der Waals surface area contributed by atoms with E-state index < -0.39 is 5.97 Å². The molecule has 0 amide bonds. The largest absolute Gasteiger partial charge is 0.475 e. The molecule has 0 aliphatic heterocycles. The third-order valence-corrected chi connectivity index (χ3v) is 2.48. The highest BCUT2D eigenvalue weighted by atomic mass is 16.4. The van der Waals surface area contributed by atoms with Gasteiger partial charge >= 0.3 is 5.97 Å². The number of aromatic carboxylic acids is 1. The minimum atomic E-state index is -1.04. The van der Waals surface area contributed by atoms with E-state index >= 15 is 0 Å². The molecular weight excluding hydrogens is 208 g/mol. The monoisotopic (exact) mass is 224 g/mol. The molecule has 1 fully saturated rings. The summed E-state index contributed by atoms with van der Waals surface area (Å²) in [4.78, 5) is 10.5. The number of nitrogens with one attached hydrogen (secondary N) is 2. The van der Waals surface area contributed by atoms with Crippen molar-refractivity contribution in [2.45, 2.75) is 25.3 Å². The van der Waals surface area contributed by atoms with Crippen molar-refractivity contribution < 1.29 is 14.3 Å². The maximum atomic E-state index is 10.5. The maximum Gasteiger partial charge on any atom is 0.371 e. The summed E-state index contributed by atoms with van der Waals surface area (Å²) in [5, 5.41) is 15.1. The second-order valence-electron chi connectivity index (χ2n) is 3.98. The normalized spacial score (nSPS) is 15.0. The number of hydrogen-bond donors (Lipinski definition) is 3. The lowest BCUT2D eigenvalue weighted by atomic mass is 10.4. The van der Waals surface area contributed by atoms with Crippen molar-refractivity contribution >= 4 is 11.9 Å². The molecule has 0 saturated heterocycles. The van der Waals surface area contributed by atoms with Gasteiger partial charge in [-0.2, -0.15) is 0 Å². The second kappa shape index (κ2) is 5.03. The van der Waals surface area contributed by atoms with Crippen molar-refractivity contribution in [3.8, 4) is 0 Å². The van der Waals surface area contributed by atoms with E-state index in [0.717, 1.165) is 25.6 Å². The fourth-order valence-corrected chi connectivity index (χ4v) is 1.44. The zero-order valence-corrected chi connectivity index (χ0v) is 9.03. The molecule has 1 aliphatic rings. The van der Waals surface area contributed by atoms with Gasteiger partial charge < -0.3 is 20.2 Å². The van der Waals surface area contributed by atoms with E-state index in [1.807, 2.05) is 0 Å². The SMILES string of the molecule is O=C(O)c1ccc(NCCCNC2CC2)o1. The van der Waals surface area contributed by atoms with E-state index in [0.29, 0.717) is 5.88 Å². The quantitative estimate of drug-likeness (QED) is 0.612. The lowest BCUT2D eigenvalue weighted by Crippen LogP contribution is -2.19. The standard InChI is InChI=1S/C11H16N2O3/c14-11(15)9-4-5-10(16-9)13-7-1-6-12-8-2-3-8/h4-5,8,12-13H,1-3,6-7H2,(H,14,15). The Labute approximate surface area is 93.8 Å². The molecule has 5 nitrogen and oxygen atoms in total. The summed E-state index contributed by atoms with van der Waals surface area (Å²) in [5.74, 6) is -0.550. The molecule has 1 saturated carbocycles. The van der Waals surface area contributed by atoms with Gasteiger partial charge in [0.15, 0.2) is 5.88 Å². The Hall–Kier alpha value is -1.49. The summed E-state index contributed by atoms with van der Waals surface area (Å²) >= 11 is 0. The first-order valence-electron chi connectivity index (χ1n) is 5.56. The molecule has 0 spiro atoms. The molecule has 1 aromatic rings. The van der Waals surface area contributed by atoms with Crippen LogP contribution in [0.1, 0.15) is 29.8 Å². The first-order valence-corrected chi connectivity index (χ1v) is 5.56. The van der Waals surface area contributed by atoms with Crippen LogP contribution in [0.25, 0.3) is 0 Å². The zero-order valence-electron chi connectivity index (χ0n) is 9.03. The Bertz CT molecular complexity index is 358. The highest BCUT2D eigenvalue weighted by Gasteiger charge is 2.19. The molecule has 2 rings (SSSR count). The lowest BCUT2D eigenvalue weighted by molar-refractivity contribution is 0.0663. The third kappa shape index (κ3) is 3.27. The Morgan fingerprint density at radius 3 is 2.88 bits per heavy atom. The van der Waals surface area contributed by atoms with E-state index in [-0.39, 0.29) is 5.76 Å². The first kappa shape index (κ1) is 11.0. The summed E-state index contributed by atoms with van der Waals surface area (Å²) in [7, 11) is 0. The van der Waals surface area contributed by atoms with Crippen LogP contribution in [0.2, 0.25) is 0 Å². The van der Waals surface area contributed by atoms with Gasteiger partial charge in [-0.05, 0) is 31.9 Å². The molecule has 0 aromatic carbocycles. The average molecular weight is 224 g/mol. The molecular formula is C11H16N2O3. The molecule has 0 atom stereocenters. The van der Waals surface area contributed by atoms with E-state index in [1.165, 1.54) is 18.9 Å². The highest BCUT2D eigenvalue weighted by Crippen LogP contribution is 2.18. The summed E-state index contributed by atoms with van der Waals surface area (Å²) in [6.45, 7) is 1.77. The molecule has 16 heavy (non-hydrogen) atoms. The van der Waals surface area contributed by atoms with Gasteiger partial charge in [0.1, 0.15) is 0 Å². The molecule has 1 aromatic heterocycles. The predicted molar refractivity (Wildman–Crippen MR) is 59.8 cm³/mol. The van der Waals surface area contributed by atoms with Gasteiger partial charge in [0.2, 0.25) is 5.76 Å². The van der Waals surface area contributed by atoms with Crippen molar-refractivity contribution in [1.29, 1.82) is 0 Å². The summed E-state index contributed by atoms with van der Waals surface area (Å²) < 4.78 is 5.05. The number of carboxylic acids is 1. The smallest absolute Gasteiger partial charge is 0.371 e. The van der Waals surface area contributed by atoms with Gasteiger partial charge in [-0.15, -0.1) is 0 Å². The van der Waals surface area contributed by atoms with Crippen LogP contribution in [0.4, 0.5) is 5.88 Å². The maximum absolute atomic E-state index is 10.5. The van der Waals surface area contributed by atoms with Crippen molar-refractivity contribution in [2.75, 3.05) is 18.4 Å². The Morgan fingerprint density at radius 1 is 1.44 bits per heavy atom. The van der Waals surface area contributed by atoms with Gasteiger partial charge in [0, 0.05) is 18.7 Å². The van der Waals surface area contributed by atoms with Gasteiger partial charge in [-0.1, -0.05) is 0 Å². The van der Waals surface area contributed by atoms with E-state index in [9.17, 15) is 4.79 Å². The fraction of sp³-hybridized carbons (Fsp3) is 0.545. The van der Waals surface area contributed by atoms with Crippen LogP contribution in [0.3, 0.4) is 0 Å². The van der Waals surface area contributed by atoms with Crippen molar-refractivity contribution in [1.82, 2.24) is 5.32 Å². The molecule has 88 valence electrons. The fourth-order valence-electron chi connectivity index (χ4n) is 1.44. The molecule has 5 heteroatoms. The minimum absolute atomic E-state index is 0.0291. The van der Waals surface area contributed by atoms with Crippen LogP contribution < -0.4 is 10.6 Å². The zero-order chi connectivity index (χ0) is 11.4. The summed E-state index contributed by atoms with van der Waals surface area (Å²) in [6.07, 6.45) is 3.60. The van der Waals surface area contributed by atoms with Crippen LogP contribution in [-0.2, 0) is 0 Å². The van der Waals surface area contributed by atoms with E-state index in [4.69, 9.17) is 9.52 Å². The van der Waals surface area contributed by atoms with Crippen molar-refractivity contribution in [2.24, 2.45) is 0 Å². The number of carbonyl (C=O) groups is 1. The van der Waals surface area contributed by atoms with Gasteiger partial charge in [0.25, 0.3) is 0 Å². The van der Waals surface area contributed by atoms with E-state index in [2.05, 4.69) is 10.6 Å². The third-order valence-electron chi connectivity index (χ3n) is 2.48. The number of rotatable bonds is 7. The van der Waals surface area contributed by atoms with Gasteiger partial charge in [0.05, 0.1) is 0 Å². The molecule has 1 heterocycles. The predicted octanol–water partition coefficient (Wildman–Crippen LogP) is 1.53. The van der Waals surface area contributed by atoms with Crippen LogP contribution in [0.5, 0.6) is 0 Å². The number of furan rings is 1. The molecule has 0 radical (unpaired) electrons. The average Bonchev–Trinajstić information content (AvgIpc) is 2.94. The Balaban J connectivity index is 1.62. The van der Waals surface area contributed by atoms with Gasteiger partial charge in [-0.25, -0.2) is 4.79 Å². The molecule has 1 aliphatic carbocycles. The first-order chi connectivity index (χ1) is 7.75. The molecule has 3 N–H and O–H groups in total. The topological polar surface area (TPSA) is 74.5 Å². The summed E-state index contributed by atoms with van der Waals surface area (Å²) in [5.41, 5.74) is 0. The number of anilines is 1. The molecule has 0 unspecified atom stereocenters.